The van der Waals surface area contributed by atoms with E-state index in [0.29, 0.717) is 31.6 Å². The number of para-hydroxylation sites is 2. The first-order chi connectivity index (χ1) is 14.8. The monoisotopic (exact) mass is 427 g/mol. The Balaban J connectivity index is 1.48. The molecular weight excluding hydrogens is 397 g/mol. The third kappa shape index (κ3) is 6.28. The van der Waals surface area contributed by atoms with Gasteiger partial charge in [-0.3, -0.25) is 14.5 Å². The fourth-order valence-electron chi connectivity index (χ4n) is 3.89. The molecule has 2 aromatic carbocycles. The van der Waals surface area contributed by atoms with E-state index in [1.54, 1.807) is 30.3 Å². The van der Waals surface area contributed by atoms with E-state index in [2.05, 4.69) is 10.6 Å². The molecule has 1 aliphatic rings. The summed E-state index contributed by atoms with van der Waals surface area (Å²) in [6.07, 6.45) is 1.30. The van der Waals surface area contributed by atoms with Crippen LogP contribution in [0.2, 0.25) is 0 Å². The molecule has 3 N–H and O–H groups in total. The number of anilines is 1. The zero-order valence-corrected chi connectivity index (χ0v) is 18.0. The Kier molecular flexibility index (Phi) is 7.63. The van der Waals surface area contributed by atoms with Crippen molar-refractivity contribution in [2.75, 3.05) is 25.0 Å². The molecule has 1 heterocycles. The number of hydrogen-bond acceptors (Lipinski definition) is 4. The Hall–Kier alpha value is -2.93. The van der Waals surface area contributed by atoms with Gasteiger partial charge in [0.2, 0.25) is 11.8 Å². The van der Waals surface area contributed by atoms with Crippen LogP contribution in [0.5, 0.6) is 5.75 Å². The summed E-state index contributed by atoms with van der Waals surface area (Å²) in [6, 6.07) is 12.7. The molecule has 3 rings (SSSR count). The molecule has 1 fully saturated rings. The van der Waals surface area contributed by atoms with Gasteiger partial charge in [0.15, 0.2) is 0 Å². The number of carbonyl (C=O) groups excluding carboxylic acids is 2. The second kappa shape index (κ2) is 10.4. The molecule has 1 atom stereocenters. The number of nitrogens with one attached hydrogen (secondary N) is 2. The highest BCUT2D eigenvalue weighted by Crippen LogP contribution is 2.25. The van der Waals surface area contributed by atoms with Crippen molar-refractivity contribution in [1.29, 1.82) is 0 Å². The molecule has 0 saturated carbocycles. The quantitative estimate of drug-likeness (QED) is 0.589. The van der Waals surface area contributed by atoms with Crippen molar-refractivity contribution >= 4 is 17.5 Å². The van der Waals surface area contributed by atoms with Crippen molar-refractivity contribution in [3.05, 3.63) is 59.9 Å². The van der Waals surface area contributed by atoms with Gasteiger partial charge in [0, 0.05) is 5.92 Å². The van der Waals surface area contributed by atoms with E-state index in [-0.39, 0.29) is 47.8 Å². The summed E-state index contributed by atoms with van der Waals surface area (Å²) < 4.78 is 13.2. The predicted molar refractivity (Wildman–Crippen MR) is 118 cm³/mol. The highest BCUT2D eigenvalue weighted by molar-refractivity contribution is 5.93. The van der Waals surface area contributed by atoms with Crippen LogP contribution in [0.1, 0.15) is 38.3 Å². The minimum Gasteiger partial charge on any atom is -0.506 e. The van der Waals surface area contributed by atoms with Crippen LogP contribution in [-0.4, -0.2) is 41.5 Å². The minimum atomic E-state index is -0.299. The average molecular weight is 428 g/mol. The molecule has 7 heteroatoms. The Morgan fingerprint density at radius 1 is 1.10 bits per heavy atom. The van der Waals surface area contributed by atoms with Gasteiger partial charge in [-0.25, -0.2) is 4.39 Å². The summed E-state index contributed by atoms with van der Waals surface area (Å²) in [5.74, 6) is -0.431. The summed E-state index contributed by atoms with van der Waals surface area (Å²) in [7, 11) is 0. The maximum atomic E-state index is 13.2. The molecule has 6 nitrogen and oxygen atoms in total. The molecule has 166 valence electrons. The predicted octanol–water partition coefficient (Wildman–Crippen LogP) is 3.70. The molecule has 0 aliphatic carbocycles. The molecule has 0 unspecified atom stereocenters. The zero-order valence-electron chi connectivity index (χ0n) is 18.0. The van der Waals surface area contributed by atoms with Gasteiger partial charge in [0.05, 0.1) is 18.3 Å². The van der Waals surface area contributed by atoms with Crippen LogP contribution in [0.15, 0.2) is 48.5 Å². The van der Waals surface area contributed by atoms with E-state index in [9.17, 15) is 19.1 Å². The lowest BCUT2D eigenvalue weighted by Gasteiger charge is -2.31. The number of piperidine rings is 1. The van der Waals surface area contributed by atoms with Crippen LogP contribution in [0.3, 0.4) is 0 Å². The first-order valence-corrected chi connectivity index (χ1v) is 10.7. The van der Waals surface area contributed by atoms with Gasteiger partial charge in [-0.2, -0.15) is 0 Å². The van der Waals surface area contributed by atoms with Crippen molar-refractivity contribution in [2.24, 2.45) is 11.8 Å². The number of nitrogens with zero attached hydrogens (tertiary/aromatic N) is 1. The molecular formula is C24H30FN3O3. The number of likely N-dealkylation sites (tertiary alicyclic amines) is 1. The van der Waals surface area contributed by atoms with Crippen molar-refractivity contribution in [3.8, 4) is 5.75 Å². The van der Waals surface area contributed by atoms with Gasteiger partial charge in [0.1, 0.15) is 11.6 Å². The van der Waals surface area contributed by atoms with Gasteiger partial charge in [-0.05, 0) is 61.7 Å². The summed E-state index contributed by atoms with van der Waals surface area (Å²) >= 11 is 0. The van der Waals surface area contributed by atoms with Crippen LogP contribution in [0.4, 0.5) is 10.1 Å². The summed E-state index contributed by atoms with van der Waals surface area (Å²) in [5, 5.41) is 15.7. The number of aromatic hydroxyl groups is 1. The SMILES string of the molecule is CC(C)[C@@H](NC(=O)CN1CCC(C(=O)Nc2ccccc2O)CC1)c1ccc(F)cc1. The number of halogens is 1. The highest BCUT2D eigenvalue weighted by atomic mass is 19.1. The Labute approximate surface area is 182 Å². The Bertz CT molecular complexity index is 893. The van der Waals surface area contributed by atoms with Gasteiger partial charge < -0.3 is 15.7 Å². The van der Waals surface area contributed by atoms with Crippen molar-refractivity contribution in [2.45, 2.75) is 32.7 Å². The third-order valence-electron chi connectivity index (χ3n) is 5.70. The topological polar surface area (TPSA) is 81.7 Å². The third-order valence-corrected chi connectivity index (χ3v) is 5.70. The number of benzene rings is 2. The van der Waals surface area contributed by atoms with E-state index < -0.39 is 0 Å². The average Bonchev–Trinajstić information content (AvgIpc) is 2.75. The number of hydrogen-bond donors (Lipinski definition) is 3. The molecule has 2 aromatic rings. The zero-order chi connectivity index (χ0) is 22.4. The summed E-state index contributed by atoms with van der Waals surface area (Å²) in [6.45, 7) is 5.59. The fraction of sp³-hybridized carbons (Fsp3) is 0.417. The summed E-state index contributed by atoms with van der Waals surface area (Å²) in [5.41, 5.74) is 1.29. The minimum absolute atomic E-state index is 0.0471. The second-order valence-electron chi connectivity index (χ2n) is 8.40. The van der Waals surface area contributed by atoms with Crippen LogP contribution in [0, 0.1) is 17.7 Å². The maximum absolute atomic E-state index is 13.2. The van der Waals surface area contributed by atoms with Crippen LogP contribution < -0.4 is 10.6 Å². The van der Waals surface area contributed by atoms with Crippen molar-refractivity contribution in [3.63, 3.8) is 0 Å². The molecule has 1 saturated heterocycles. The molecule has 0 aromatic heterocycles. The number of amides is 2. The highest BCUT2D eigenvalue weighted by Gasteiger charge is 2.27. The van der Waals surface area contributed by atoms with Gasteiger partial charge in [-0.15, -0.1) is 0 Å². The largest absolute Gasteiger partial charge is 0.506 e. The van der Waals surface area contributed by atoms with E-state index in [0.717, 1.165) is 5.56 Å². The van der Waals surface area contributed by atoms with Crippen molar-refractivity contribution < 1.29 is 19.1 Å². The maximum Gasteiger partial charge on any atom is 0.234 e. The molecule has 0 bridgehead atoms. The Morgan fingerprint density at radius 3 is 2.35 bits per heavy atom. The fourth-order valence-corrected chi connectivity index (χ4v) is 3.89. The van der Waals surface area contributed by atoms with E-state index >= 15 is 0 Å². The first-order valence-electron chi connectivity index (χ1n) is 10.7. The van der Waals surface area contributed by atoms with Gasteiger partial charge in [-0.1, -0.05) is 38.1 Å². The lowest BCUT2D eigenvalue weighted by molar-refractivity contribution is -0.124. The first kappa shape index (κ1) is 22.7. The molecule has 0 radical (unpaired) electrons. The Morgan fingerprint density at radius 2 is 1.74 bits per heavy atom. The summed E-state index contributed by atoms with van der Waals surface area (Å²) in [4.78, 5) is 27.2. The van der Waals surface area contributed by atoms with Crippen LogP contribution >= 0.6 is 0 Å². The van der Waals surface area contributed by atoms with Crippen LogP contribution in [-0.2, 0) is 9.59 Å². The van der Waals surface area contributed by atoms with E-state index in [1.165, 1.54) is 18.2 Å². The second-order valence-corrected chi connectivity index (χ2v) is 8.40. The molecule has 1 aliphatic heterocycles. The van der Waals surface area contributed by atoms with Crippen LogP contribution in [0.25, 0.3) is 0 Å². The number of phenols is 1. The number of carbonyl (C=O) groups is 2. The van der Waals surface area contributed by atoms with E-state index in [4.69, 9.17) is 0 Å². The number of phenolic OH excluding ortho intramolecular Hbond substituents is 1. The van der Waals surface area contributed by atoms with Crippen molar-refractivity contribution in [1.82, 2.24) is 10.2 Å². The number of rotatable bonds is 7. The lowest BCUT2D eigenvalue weighted by Crippen LogP contribution is -2.44. The molecule has 2 amide bonds. The standard InChI is InChI=1S/C24H30FN3O3/c1-16(2)23(17-7-9-19(25)10-8-17)27-22(30)15-28-13-11-18(12-14-28)24(31)26-20-5-3-4-6-21(20)29/h3-10,16,18,23,29H,11-15H2,1-2H3,(H,26,31)(H,27,30)/t23-/m1/s1. The lowest BCUT2D eigenvalue weighted by atomic mass is 9.95. The van der Waals surface area contributed by atoms with Gasteiger partial charge >= 0.3 is 0 Å². The van der Waals surface area contributed by atoms with E-state index in [1.807, 2.05) is 18.7 Å². The molecule has 31 heavy (non-hydrogen) atoms. The smallest absolute Gasteiger partial charge is 0.234 e. The normalized spacial score (nSPS) is 16.1. The van der Waals surface area contributed by atoms with Gasteiger partial charge in [0.25, 0.3) is 0 Å². The molecule has 0 spiro atoms.